The van der Waals surface area contributed by atoms with Gasteiger partial charge in [-0.3, -0.25) is 4.79 Å². The number of hydrogen-bond acceptors (Lipinski definition) is 2. The third-order valence-electron chi connectivity index (χ3n) is 1.92. The van der Waals surface area contributed by atoms with Gasteiger partial charge in [-0.25, -0.2) is 0 Å². The van der Waals surface area contributed by atoms with Crippen molar-refractivity contribution in [2.45, 2.75) is 0 Å². The van der Waals surface area contributed by atoms with Crippen molar-refractivity contribution in [2.75, 3.05) is 0 Å². The van der Waals surface area contributed by atoms with E-state index in [-0.39, 0.29) is 10.8 Å². The van der Waals surface area contributed by atoms with Crippen molar-refractivity contribution in [1.82, 2.24) is 4.98 Å². The van der Waals surface area contributed by atoms with Gasteiger partial charge >= 0.3 is 0 Å². The number of ether oxygens (including phenoxy) is 1. The third kappa shape index (κ3) is 3.03. The van der Waals surface area contributed by atoms with E-state index >= 15 is 0 Å². The number of aromatic nitrogens is 1. The van der Waals surface area contributed by atoms with Crippen LogP contribution in [0.15, 0.2) is 39.7 Å². The molecule has 1 aromatic heterocycles. The van der Waals surface area contributed by atoms with Crippen LogP contribution >= 0.6 is 39.1 Å². The minimum Gasteiger partial charge on any atom is -0.450 e. The molecule has 0 aliphatic carbocycles. The van der Waals surface area contributed by atoms with E-state index in [2.05, 4.69) is 20.9 Å². The molecule has 3 nitrogen and oxygen atoms in total. The number of aromatic amines is 1. The number of nitrogens with one attached hydrogen (secondary N) is 1. The second-order valence-electron chi connectivity index (χ2n) is 3.19. The summed E-state index contributed by atoms with van der Waals surface area (Å²) in [5.41, 5.74) is -0.395. The Hall–Kier alpha value is -0.970. The molecule has 1 heterocycles. The molecule has 0 bridgehead atoms. The summed E-state index contributed by atoms with van der Waals surface area (Å²) in [6, 6.07) is 6.53. The van der Waals surface area contributed by atoms with E-state index < -0.39 is 5.56 Å². The average Bonchev–Trinajstić information content (AvgIpc) is 2.22. The molecule has 0 radical (unpaired) electrons. The highest BCUT2D eigenvalue weighted by atomic mass is 79.9. The second-order valence-corrected chi connectivity index (χ2v) is 4.95. The first-order valence-electron chi connectivity index (χ1n) is 4.57. The predicted octanol–water partition coefficient (Wildman–Crippen LogP) is 4.24. The molecular weight excluding hydrogens is 329 g/mol. The van der Waals surface area contributed by atoms with Gasteiger partial charge in [0.25, 0.3) is 5.56 Å². The van der Waals surface area contributed by atoms with Gasteiger partial charge in [0.05, 0.1) is 5.02 Å². The Kier molecular flexibility index (Phi) is 3.76. The lowest BCUT2D eigenvalue weighted by molar-refractivity contribution is 0.475. The van der Waals surface area contributed by atoms with Crippen molar-refractivity contribution in [3.05, 3.63) is 55.3 Å². The summed E-state index contributed by atoms with van der Waals surface area (Å²) >= 11 is 15.0. The van der Waals surface area contributed by atoms with Crippen molar-refractivity contribution in [1.29, 1.82) is 0 Å². The topological polar surface area (TPSA) is 42.1 Å². The van der Waals surface area contributed by atoms with E-state index in [1.54, 1.807) is 18.2 Å². The first kappa shape index (κ1) is 12.5. The molecular formula is C11H6BrCl2NO2. The van der Waals surface area contributed by atoms with Gasteiger partial charge in [0.15, 0.2) is 0 Å². The van der Waals surface area contributed by atoms with Crippen molar-refractivity contribution in [2.24, 2.45) is 0 Å². The minimum atomic E-state index is -0.395. The van der Waals surface area contributed by atoms with Gasteiger partial charge in [-0.2, -0.15) is 0 Å². The van der Waals surface area contributed by atoms with Gasteiger partial charge in [-0.15, -0.1) is 0 Å². The molecule has 17 heavy (non-hydrogen) atoms. The maximum Gasteiger partial charge on any atom is 0.292 e. The summed E-state index contributed by atoms with van der Waals surface area (Å²) in [6.07, 6.45) is 1.45. The molecule has 0 aliphatic rings. The van der Waals surface area contributed by atoms with Crippen molar-refractivity contribution in [3.63, 3.8) is 0 Å². The number of rotatable bonds is 2. The molecule has 6 heteroatoms. The van der Waals surface area contributed by atoms with Crippen LogP contribution in [-0.2, 0) is 0 Å². The molecule has 2 aromatic rings. The van der Waals surface area contributed by atoms with Crippen LogP contribution in [0.2, 0.25) is 10.0 Å². The summed E-state index contributed by atoms with van der Waals surface area (Å²) in [6.45, 7) is 0. The van der Waals surface area contributed by atoms with Crippen LogP contribution in [0.25, 0.3) is 0 Å². The zero-order valence-electron chi connectivity index (χ0n) is 8.34. The molecule has 2 rings (SSSR count). The maximum absolute atomic E-state index is 11.5. The van der Waals surface area contributed by atoms with Crippen LogP contribution in [-0.4, -0.2) is 4.98 Å². The van der Waals surface area contributed by atoms with Crippen LogP contribution in [0, 0.1) is 0 Å². The summed E-state index contributed by atoms with van der Waals surface area (Å²) in [5.74, 6) is 0.478. The second kappa shape index (κ2) is 5.12. The lowest BCUT2D eigenvalue weighted by Crippen LogP contribution is -2.07. The van der Waals surface area contributed by atoms with Crippen molar-refractivity contribution < 1.29 is 4.74 Å². The Labute approximate surface area is 115 Å². The molecule has 0 saturated carbocycles. The zero-order chi connectivity index (χ0) is 12.4. The molecule has 0 spiro atoms. The summed E-state index contributed by atoms with van der Waals surface area (Å²) in [5, 5.41) is 0.739. The third-order valence-corrected chi connectivity index (χ3v) is 2.90. The normalized spacial score (nSPS) is 10.3. The number of halogens is 3. The predicted molar refractivity (Wildman–Crippen MR) is 71.3 cm³/mol. The van der Waals surface area contributed by atoms with Crippen molar-refractivity contribution >= 4 is 39.1 Å². The van der Waals surface area contributed by atoms with E-state index in [1.165, 1.54) is 12.3 Å². The monoisotopic (exact) mass is 333 g/mol. The Bertz CT molecular complexity index is 592. The fourth-order valence-electron chi connectivity index (χ4n) is 1.24. The Morgan fingerprint density at radius 2 is 2.00 bits per heavy atom. The lowest BCUT2D eigenvalue weighted by atomic mass is 10.3. The number of pyridine rings is 1. The summed E-state index contributed by atoms with van der Waals surface area (Å²) < 4.78 is 6.16. The Morgan fingerprint density at radius 3 is 2.65 bits per heavy atom. The molecule has 0 amide bonds. The fourth-order valence-corrected chi connectivity index (χ4v) is 2.26. The van der Waals surface area contributed by atoms with Crippen LogP contribution in [0.5, 0.6) is 11.5 Å². The highest BCUT2D eigenvalue weighted by molar-refractivity contribution is 9.10. The van der Waals surface area contributed by atoms with Crippen molar-refractivity contribution in [3.8, 4) is 11.5 Å². The van der Waals surface area contributed by atoms with Gasteiger partial charge in [0.2, 0.25) is 5.75 Å². The maximum atomic E-state index is 11.5. The quantitative estimate of drug-likeness (QED) is 0.892. The highest BCUT2D eigenvalue weighted by Crippen LogP contribution is 2.29. The van der Waals surface area contributed by atoms with E-state index in [0.29, 0.717) is 10.8 Å². The summed E-state index contributed by atoms with van der Waals surface area (Å²) in [4.78, 5) is 14.0. The smallest absolute Gasteiger partial charge is 0.292 e. The molecule has 1 N–H and O–H groups in total. The molecule has 0 atom stereocenters. The van der Waals surface area contributed by atoms with Gasteiger partial charge < -0.3 is 9.72 Å². The van der Waals surface area contributed by atoms with E-state index in [0.717, 1.165) is 4.47 Å². The van der Waals surface area contributed by atoms with Crippen LogP contribution in [0.4, 0.5) is 0 Å². The van der Waals surface area contributed by atoms with E-state index in [9.17, 15) is 4.79 Å². The average molecular weight is 335 g/mol. The molecule has 0 fully saturated rings. The van der Waals surface area contributed by atoms with Gasteiger partial charge in [-0.05, 0) is 24.3 Å². The van der Waals surface area contributed by atoms with E-state index in [1.807, 2.05) is 0 Å². The fraction of sp³-hybridized carbons (Fsp3) is 0. The van der Waals surface area contributed by atoms with Gasteiger partial charge in [-0.1, -0.05) is 39.1 Å². The Balaban J connectivity index is 2.41. The van der Waals surface area contributed by atoms with Crippen LogP contribution in [0.3, 0.4) is 0 Å². The summed E-state index contributed by atoms with van der Waals surface area (Å²) in [7, 11) is 0. The van der Waals surface area contributed by atoms with Gasteiger partial charge in [0.1, 0.15) is 5.75 Å². The van der Waals surface area contributed by atoms with Crippen LogP contribution in [0.1, 0.15) is 0 Å². The highest BCUT2D eigenvalue weighted by Gasteiger charge is 2.08. The van der Waals surface area contributed by atoms with Gasteiger partial charge in [0, 0.05) is 15.7 Å². The molecule has 88 valence electrons. The first-order chi connectivity index (χ1) is 8.06. The Morgan fingerprint density at radius 1 is 1.24 bits per heavy atom. The van der Waals surface area contributed by atoms with E-state index in [4.69, 9.17) is 27.9 Å². The molecule has 0 unspecified atom stereocenters. The minimum absolute atomic E-state index is 0.0448. The molecule has 0 saturated heterocycles. The van der Waals surface area contributed by atoms with Crippen LogP contribution < -0.4 is 10.3 Å². The largest absolute Gasteiger partial charge is 0.450 e. The SMILES string of the molecule is O=c1[nH]ccc(Cl)c1Oc1cc(Cl)cc(Br)c1. The number of H-pyrrole nitrogens is 1. The number of benzene rings is 1. The first-order valence-corrected chi connectivity index (χ1v) is 6.12. The number of hydrogen-bond donors (Lipinski definition) is 1. The molecule has 1 aromatic carbocycles. The zero-order valence-corrected chi connectivity index (χ0v) is 11.4. The molecule has 0 aliphatic heterocycles. The standard InChI is InChI=1S/C11H6BrCl2NO2/c12-6-3-7(13)5-8(4-6)17-10-9(14)1-2-15-11(10)16/h1-5H,(H,15,16). The lowest BCUT2D eigenvalue weighted by Gasteiger charge is -2.07.